The zero-order valence-corrected chi connectivity index (χ0v) is 8.66. The van der Waals surface area contributed by atoms with Gasteiger partial charge in [-0.15, -0.1) is 0 Å². The number of phenolic OH excluding ortho intramolecular Hbond substituents is 1. The Balaban J connectivity index is 2.54. The van der Waals surface area contributed by atoms with Gasteiger partial charge < -0.3 is 9.84 Å². The van der Waals surface area contributed by atoms with Gasteiger partial charge in [0.1, 0.15) is 17.1 Å². The minimum absolute atomic E-state index is 0.243. The van der Waals surface area contributed by atoms with E-state index in [0.29, 0.717) is 0 Å². The number of fused-ring (bicyclic) bond motifs is 1. The van der Waals surface area contributed by atoms with Crippen molar-refractivity contribution in [2.75, 3.05) is 0 Å². The van der Waals surface area contributed by atoms with Crippen LogP contribution < -0.4 is 4.74 Å². The first-order valence-electron chi connectivity index (χ1n) is 4.70. The molecule has 0 unspecified atom stereocenters. The van der Waals surface area contributed by atoms with E-state index in [1.165, 1.54) is 5.57 Å². The van der Waals surface area contributed by atoms with E-state index in [0.717, 1.165) is 11.3 Å². The molecule has 14 heavy (non-hydrogen) atoms. The maximum Gasteiger partial charge on any atom is 0.131 e. The molecular weight excluding hydrogens is 176 g/mol. The average Bonchev–Trinajstić information content (AvgIpc) is 2.07. The standard InChI is InChI=1S/C12H14O2/c1-8-6-9-4-5-10(13)7-11(9)14-12(8,2)3/h4-7,13H,1-3H3. The second-order valence-electron chi connectivity index (χ2n) is 4.16. The van der Waals surface area contributed by atoms with Gasteiger partial charge in [0.05, 0.1) is 0 Å². The topological polar surface area (TPSA) is 29.5 Å². The summed E-state index contributed by atoms with van der Waals surface area (Å²) in [4.78, 5) is 0. The summed E-state index contributed by atoms with van der Waals surface area (Å²) in [6.07, 6.45) is 2.10. The fraction of sp³-hybridized carbons (Fsp3) is 0.333. The first-order valence-corrected chi connectivity index (χ1v) is 4.70. The Bertz CT molecular complexity index is 403. The van der Waals surface area contributed by atoms with E-state index >= 15 is 0 Å². The van der Waals surface area contributed by atoms with Crippen LogP contribution in [0.15, 0.2) is 23.8 Å². The van der Waals surface area contributed by atoms with Crippen molar-refractivity contribution in [3.05, 3.63) is 29.3 Å². The molecule has 1 N–H and O–H groups in total. The van der Waals surface area contributed by atoms with Crippen LogP contribution in [0.1, 0.15) is 26.3 Å². The highest BCUT2D eigenvalue weighted by atomic mass is 16.5. The molecule has 0 bridgehead atoms. The summed E-state index contributed by atoms with van der Waals surface area (Å²) in [5.41, 5.74) is 1.94. The molecule has 1 aliphatic heterocycles. The van der Waals surface area contributed by atoms with E-state index in [9.17, 15) is 5.11 Å². The molecule has 74 valence electrons. The molecule has 0 aromatic heterocycles. The van der Waals surface area contributed by atoms with Crippen molar-refractivity contribution in [3.8, 4) is 11.5 Å². The lowest BCUT2D eigenvalue weighted by Crippen LogP contribution is -2.31. The third kappa shape index (κ3) is 1.37. The molecule has 1 aromatic carbocycles. The Hall–Kier alpha value is -1.44. The molecule has 0 radical (unpaired) electrons. The Labute approximate surface area is 83.8 Å². The Morgan fingerprint density at radius 1 is 1.29 bits per heavy atom. The van der Waals surface area contributed by atoms with Crippen LogP contribution in [-0.4, -0.2) is 10.7 Å². The maximum atomic E-state index is 9.32. The Morgan fingerprint density at radius 3 is 2.71 bits per heavy atom. The summed E-state index contributed by atoms with van der Waals surface area (Å²) in [6, 6.07) is 5.19. The van der Waals surface area contributed by atoms with Crippen molar-refractivity contribution in [2.45, 2.75) is 26.4 Å². The molecule has 2 heteroatoms. The van der Waals surface area contributed by atoms with Gasteiger partial charge in [-0.05, 0) is 44.6 Å². The number of aromatic hydroxyl groups is 1. The van der Waals surface area contributed by atoms with Crippen LogP contribution in [-0.2, 0) is 0 Å². The molecule has 0 fully saturated rings. The van der Waals surface area contributed by atoms with E-state index < -0.39 is 0 Å². The Morgan fingerprint density at radius 2 is 2.00 bits per heavy atom. The lowest BCUT2D eigenvalue weighted by molar-refractivity contribution is 0.145. The number of ether oxygens (including phenoxy) is 1. The van der Waals surface area contributed by atoms with Gasteiger partial charge in [-0.25, -0.2) is 0 Å². The van der Waals surface area contributed by atoms with Gasteiger partial charge in [-0.1, -0.05) is 0 Å². The number of benzene rings is 1. The molecule has 0 aliphatic carbocycles. The van der Waals surface area contributed by atoms with Crippen LogP contribution in [0.5, 0.6) is 11.5 Å². The number of rotatable bonds is 0. The van der Waals surface area contributed by atoms with Crippen LogP contribution in [0.4, 0.5) is 0 Å². The molecule has 1 aromatic rings. The van der Waals surface area contributed by atoms with Crippen LogP contribution in [0.2, 0.25) is 0 Å². The van der Waals surface area contributed by atoms with Crippen molar-refractivity contribution in [1.82, 2.24) is 0 Å². The molecule has 2 nitrogen and oxygen atoms in total. The van der Waals surface area contributed by atoms with Crippen LogP contribution in [0.3, 0.4) is 0 Å². The maximum absolute atomic E-state index is 9.32. The molecule has 0 saturated heterocycles. The lowest BCUT2D eigenvalue weighted by Gasteiger charge is -2.32. The minimum Gasteiger partial charge on any atom is -0.508 e. The molecule has 0 amide bonds. The van der Waals surface area contributed by atoms with Crippen LogP contribution in [0.25, 0.3) is 6.08 Å². The van der Waals surface area contributed by atoms with Crippen LogP contribution >= 0.6 is 0 Å². The Kier molecular flexibility index (Phi) is 1.81. The van der Waals surface area contributed by atoms with Gasteiger partial charge in [0.15, 0.2) is 0 Å². The fourth-order valence-corrected chi connectivity index (χ4v) is 1.49. The summed E-state index contributed by atoms with van der Waals surface area (Å²) in [6.45, 7) is 6.09. The van der Waals surface area contributed by atoms with Gasteiger partial charge in [-0.2, -0.15) is 0 Å². The zero-order valence-electron chi connectivity index (χ0n) is 8.66. The van der Waals surface area contributed by atoms with E-state index in [4.69, 9.17) is 4.74 Å². The summed E-state index contributed by atoms with van der Waals surface area (Å²) < 4.78 is 5.78. The SMILES string of the molecule is CC1=Cc2ccc(O)cc2OC1(C)C. The number of hydrogen-bond acceptors (Lipinski definition) is 2. The molecule has 1 heterocycles. The van der Waals surface area contributed by atoms with Gasteiger partial charge in [0.2, 0.25) is 0 Å². The second kappa shape index (κ2) is 2.77. The molecule has 0 atom stereocenters. The van der Waals surface area contributed by atoms with E-state index in [1.807, 2.05) is 19.9 Å². The second-order valence-corrected chi connectivity index (χ2v) is 4.16. The van der Waals surface area contributed by atoms with E-state index in [-0.39, 0.29) is 11.4 Å². The molecule has 1 aliphatic rings. The predicted octanol–water partition coefficient (Wildman–Crippen LogP) is 2.97. The third-order valence-corrected chi connectivity index (χ3v) is 2.68. The highest BCUT2D eigenvalue weighted by molar-refractivity contribution is 5.64. The highest BCUT2D eigenvalue weighted by Gasteiger charge is 2.27. The third-order valence-electron chi connectivity index (χ3n) is 2.68. The van der Waals surface area contributed by atoms with Crippen molar-refractivity contribution >= 4 is 6.08 Å². The minimum atomic E-state index is -0.277. The molecule has 2 rings (SSSR count). The predicted molar refractivity (Wildman–Crippen MR) is 56.5 cm³/mol. The van der Waals surface area contributed by atoms with Crippen molar-refractivity contribution in [3.63, 3.8) is 0 Å². The summed E-state index contributed by atoms with van der Waals surface area (Å²) in [5, 5.41) is 9.32. The highest BCUT2D eigenvalue weighted by Crippen LogP contribution is 2.36. The smallest absolute Gasteiger partial charge is 0.131 e. The van der Waals surface area contributed by atoms with Crippen molar-refractivity contribution in [2.24, 2.45) is 0 Å². The van der Waals surface area contributed by atoms with Gasteiger partial charge in [0.25, 0.3) is 0 Å². The summed E-state index contributed by atoms with van der Waals surface area (Å²) in [5.74, 6) is 0.994. The van der Waals surface area contributed by atoms with E-state index in [2.05, 4.69) is 13.0 Å². The van der Waals surface area contributed by atoms with Crippen LogP contribution in [0, 0.1) is 0 Å². The quantitative estimate of drug-likeness (QED) is 0.681. The van der Waals surface area contributed by atoms with Gasteiger partial charge in [0, 0.05) is 11.6 Å². The number of hydrogen-bond donors (Lipinski definition) is 1. The van der Waals surface area contributed by atoms with Gasteiger partial charge in [-0.3, -0.25) is 0 Å². The molecular formula is C12H14O2. The first kappa shape index (κ1) is 9.13. The molecule has 0 spiro atoms. The average molecular weight is 190 g/mol. The molecule has 0 saturated carbocycles. The van der Waals surface area contributed by atoms with E-state index in [1.54, 1.807) is 12.1 Å². The fourth-order valence-electron chi connectivity index (χ4n) is 1.49. The number of phenols is 1. The summed E-state index contributed by atoms with van der Waals surface area (Å²) in [7, 11) is 0. The zero-order chi connectivity index (χ0) is 10.3. The van der Waals surface area contributed by atoms with Crippen molar-refractivity contribution in [1.29, 1.82) is 0 Å². The first-order chi connectivity index (χ1) is 6.49. The van der Waals surface area contributed by atoms with Crippen molar-refractivity contribution < 1.29 is 9.84 Å². The van der Waals surface area contributed by atoms with Gasteiger partial charge >= 0.3 is 0 Å². The summed E-state index contributed by atoms with van der Waals surface area (Å²) >= 11 is 0. The lowest BCUT2D eigenvalue weighted by atomic mass is 9.94. The monoisotopic (exact) mass is 190 g/mol. The normalized spacial score (nSPS) is 18.1. The largest absolute Gasteiger partial charge is 0.508 e.